The lowest BCUT2D eigenvalue weighted by molar-refractivity contribution is 0.141. The van der Waals surface area contributed by atoms with Crippen LogP contribution in [0.15, 0.2) is 23.6 Å². The van der Waals surface area contributed by atoms with E-state index in [-0.39, 0.29) is 0 Å². The minimum absolute atomic E-state index is 0.443. The molecule has 1 N–H and O–H groups in total. The molecule has 1 fully saturated rings. The van der Waals surface area contributed by atoms with Gasteiger partial charge in [0.1, 0.15) is 5.03 Å². The molecule has 1 aromatic heterocycles. The molecule has 0 bridgehead atoms. The van der Waals surface area contributed by atoms with Crippen LogP contribution < -0.4 is 5.32 Å². The third kappa shape index (κ3) is 4.43. The average Bonchev–Trinajstić information content (AvgIpc) is 2.50. The Hall–Kier alpha value is -0.610. The van der Waals surface area contributed by atoms with Gasteiger partial charge in [0, 0.05) is 23.7 Å². The summed E-state index contributed by atoms with van der Waals surface area (Å²) in [4.78, 5) is 8.65. The fourth-order valence-electron chi connectivity index (χ4n) is 3.25. The summed E-state index contributed by atoms with van der Waals surface area (Å²) in [5, 5.41) is 5.33. The maximum Gasteiger partial charge on any atom is 0.115 e. The minimum atomic E-state index is 0.443. The van der Waals surface area contributed by atoms with Gasteiger partial charge in [0.05, 0.1) is 6.20 Å². The number of rotatable bonds is 6. The van der Waals surface area contributed by atoms with Crippen LogP contribution in [0.3, 0.4) is 0 Å². The molecule has 3 atom stereocenters. The van der Waals surface area contributed by atoms with Crippen LogP contribution in [0.5, 0.6) is 0 Å². The van der Waals surface area contributed by atoms with Crippen molar-refractivity contribution in [1.82, 2.24) is 15.3 Å². The minimum Gasteiger partial charge on any atom is -0.313 e. The van der Waals surface area contributed by atoms with Gasteiger partial charge in [-0.2, -0.15) is 0 Å². The first-order chi connectivity index (χ1) is 10.1. The number of thioether (sulfide) groups is 1. The highest BCUT2D eigenvalue weighted by Crippen LogP contribution is 2.44. The molecule has 4 heteroatoms. The van der Waals surface area contributed by atoms with Crippen molar-refractivity contribution in [3.63, 3.8) is 0 Å². The molecule has 21 heavy (non-hydrogen) atoms. The highest BCUT2D eigenvalue weighted by molar-refractivity contribution is 7.99. The van der Waals surface area contributed by atoms with Gasteiger partial charge >= 0.3 is 0 Å². The van der Waals surface area contributed by atoms with Crippen LogP contribution in [0.1, 0.15) is 53.4 Å². The van der Waals surface area contributed by atoms with Gasteiger partial charge in [-0.25, -0.2) is 4.98 Å². The smallest absolute Gasteiger partial charge is 0.115 e. The van der Waals surface area contributed by atoms with Gasteiger partial charge in [0.2, 0.25) is 0 Å². The van der Waals surface area contributed by atoms with Gasteiger partial charge in [0.25, 0.3) is 0 Å². The molecule has 1 aliphatic carbocycles. The second-order valence-corrected chi connectivity index (χ2v) is 7.98. The van der Waals surface area contributed by atoms with Gasteiger partial charge in [0.15, 0.2) is 0 Å². The van der Waals surface area contributed by atoms with Crippen molar-refractivity contribution in [2.75, 3.05) is 6.54 Å². The van der Waals surface area contributed by atoms with Gasteiger partial charge < -0.3 is 5.32 Å². The summed E-state index contributed by atoms with van der Waals surface area (Å²) in [5.41, 5.74) is 0.443. The van der Waals surface area contributed by atoms with Crippen LogP contribution in [-0.4, -0.2) is 27.8 Å². The third-order valence-electron chi connectivity index (χ3n) is 5.09. The molecule has 0 amide bonds. The van der Waals surface area contributed by atoms with Crippen molar-refractivity contribution in [3.8, 4) is 0 Å². The molecule has 1 saturated carbocycles. The van der Waals surface area contributed by atoms with Crippen LogP contribution in [0.2, 0.25) is 0 Å². The number of aromatic nitrogens is 2. The maximum atomic E-state index is 4.45. The zero-order chi connectivity index (χ0) is 15.3. The second-order valence-electron chi connectivity index (χ2n) is 6.72. The monoisotopic (exact) mass is 307 g/mol. The van der Waals surface area contributed by atoms with Crippen molar-refractivity contribution in [2.45, 2.75) is 69.7 Å². The van der Waals surface area contributed by atoms with Crippen molar-refractivity contribution < 1.29 is 0 Å². The lowest BCUT2D eigenvalue weighted by atomic mass is 9.68. The Morgan fingerprint density at radius 3 is 2.71 bits per heavy atom. The summed E-state index contributed by atoms with van der Waals surface area (Å²) >= 11 is 1.91. The lowest BCUT2D eigenvalue weighted by Gasteiger charge is -2.43. The van der Waals surface area contributed by atoms with Crippen molar-refractivity contribution >= 4 is 11.8 Å². The topological polar surface area (TPSA) is 37.8 Å². The Kier molecular flexibility index (Phi) is 6.06. The molecule has 0 spiro atoms. The van der Waals surface area contributed by atoms with Crippen LogP contribution in [-0.2, 0) is 0 Å². The van der Waals surface area contributed by atoms with E-state index < -0.39 is 0 Å². The summed E-state index contributed by atoms with van der Waals surface area (Å²) in [6.45, 7) is 10.4. The average molecular weight is 308 g/mol. The fourth-order valence-corrected chi connectivity index (χ4v) is 4.53. The van der Waals surface area contributed by atoms with Crippen molar-refractivity contribution in [2.24, 2.45) is 11.3 Å². The zero-order valence-electron chi connectivity index (χ0n) is 13.8. The molecule has 0 aromatic carbocycles. The second kappa shape index (κ2) is 7.59. The molecule has 118 valence electrons. The van der Waals surface area contributed by atoms with Crippen LogP contribution in [0, 0.1) is 11.3 Å². The van der Waals surface area contributed by atoms with E-state index in [0.29, 0.717) is 16.7 Å². The predicted molar refractivity (Wildman–Crippen MR) is 90.6 cm³/mol. The molecular weight excluding hydrogens is 278 g/mol. The van der Waals surface area contributed by atoms with Crippen LogP contribution >= 0.6 is 11.8 Å². The molecule has 3 nitrogen and oxygen atoms in total. The summed E-state index contributed by atoms with van der Waals surface area (Å²) in [6, 6.07) is 0.603. The first kappa shape index (κ1) is 16.8. The Labute approximate surface area is 133 Å². The molecule has 1 aliphatic rings. The van der Waals surface area contributed by atoms with E-state index in [0.717, 1.165) is 17.5 Å². The number of hydrogen-bond acceptors (Lipinski definition) is 4. The normalized spacial score (nSPS) is 26.8. The highest BCUT2D eigenvalue weighted by Gasteiger charge is 2.37. The summed E-state index contributed by atoms with van der Waals surface area (Å²) in [5.74, 6) is 0.812. The van der Waals surface area contributed by atoms with Gasteiger partial charge in [-0.3, -0.25) is 4.98 Å². The molecule has 0 saturated heterocycles. The summed E-state index contributed by atoms with van der Waals surface area (Å²) in [7, 11) is 0. The Balaban J connectivity index is 2.08. The van der Waals surface area contributed by atoms with E-state index in [1.807, 2.05) is 18.0 Å². The molecule has 0 radical (unpaired) electrons. The van der Waals surface area contributed by atoms with Crippen LogP contribution in [0.25, 0.3) is 0 Å². The molecule has 1 heterocycles. The van der Waals surface area contributed by atoms with Crippen molar-refractivity contribution in [1.29, 1.82) is 0 Å². The molecule has 0 aliphatic heterocycles. The van der Waals surface area contributed by atoms with E-state index >= 15 is 0 Å². The third-order valence-corrected chi connectivity index (χ3v) is 6.36. The first-order valence-corrected chi connectivity index (χ1v) is 9.10. The molecular formula is C17H29N3S. The zero-order valence-corrected chi connectivity index (χ0v) is 14.6. The number of nitrogens with zero attached hydrogens (tertiary/aromatic N) is 2. The summed E-state index contributed by atoms with van der Waals surface area (Å²) < 4.78 is 0. The fraction of sp³-hybridized carbons (Fsp3) is 0.765. The lowest BCUT2D eigenvalue weighted by Crippen LogP contribution is -2.45. The van der Waals surface area contributed by atoms with Gasteiger partial charge in [-0.15, -0.1) is 0 Å². The highest BCUT2D eigenvalue weighted by atomic mass is 32.2. The summed E-state index contributed by atoms with van der Waals surface area (Å²) in [6.07, 6.45) is 10.6. The molecule has 1 aromatic rings. The number of hydrogen-bond donors (Lipinski definition) is 1. The van der Waals surface area contributed by atoms with E-state index in [2.05, 4.69) is 43.0 Å². The maximum absolute atomic E-state index is 4.45. The SMILES string of the molecule is CCNC1CCC(C(C)(C)CC)CC1Sc1cnccn1. The Morgan fingerprint density at radius 2 is 2.10 bits per heavy atom. The Bertz CT molecular complexity index is 421. The van der Waals surface area contributed by atoms with E-state index in [4.69, 9.17) is 0 Å². The quantitative estimate of drug-likeness (QED) is 0.856. The van der Waals surface area contributed by atoms with Gasteiger partial charge in [-0.05, 0) is 37.1 Å². The first-order valence-electron chi connectivity index (χ1n) is 8.23. The standard InChI is InChI=1S/C17H29N3S/c1-5-17(3,4)13-7-8-14(19-6-2)15(11-13)21-16-12-18-9-10-20-16/h9-10,12-15,19H,5-8,11H2,1-4H3. The van der Waals surface area contributed by atoms with Gasteiger partial charge in [-0.1, -0.05) is 45.9 Å². The molecule has 3 unspecified atom stereocenters. The van der Waals surface area contributed by atoms with Crippen molar-refractivity contribution in [3.05, 3.63) is 18.6 Å². The molecule has 2 rings (SSSR count). The Morgan fingerprint density at radius 1 is 1.29 bits per heavy atom. The van der Waals surface area contributed by atoms with Crippen LogP contribution in [0.4, 0.5) is 0 Å². The largest absolute Gasteiger partial charge is 0.313 e. The van der Waals surface area contributed by atoms with E-state index in [9.17, 15) is 0 Å². The van der Waals surface area contributed by atoms with E-state index in [1.54, 1.807) is 12.4 Å². The van der Waals surface area contributed by atoms with E-state index in [1.165, 1.54) is 25.7 Å². The number of nitrogens with one attached hydrogen (secondary N) is 1. The predicted octanol–water partition coefficient (Wildman–Crippen LogP) is 4.15.